The van der Waals surface area contributed by atoms with Gasteiger partial charge in [0.1, 0.15) is 5.60 Å². The molecule has 0 saturated heterocycles. The van der Waals surface area contributed by atoms with Crippen molar-refractivity contribution in [3.63, 3.8) is 0 Å². The van der Waals surface area contributed by atoms with Crippen molar-refractivity contribution in [3.8, 4) is 0 Å². The third-order valence-electron chi connectivity index (χ3n) is 2.88. The van der Waals surface area contributed by atoms with Crippen LogP contribution >= 0.6 is 27.5 Å². The highest BCUT2D eigenvalue weighted by Crippen LogP contribution is 2.43. The van der Waals surface area contributed by atoms with Gasteiger partial charge < -0.3 is 5.11 Å². The number of aliphatic hydroxyl groups is 1. The quantitative estimate of drug-likeness (QED) is 0.803. The van der Waals surface area contributed by atoms with Crippen molar-refractivity contribution in [1.82, 2.24) is 4.37 Å². The van der Waals surface area contributed by atoms with E-state index in [1.807, 2.05) is 6.08 Å². The summed E-state index contributed by atoms with van der Waals surface area (Å²) in [6.07, 6.45) is 7.50. The van der Waals surface area contributed by atoms with E-state index in [4.69, 9.17) is 0 Å². The maximum Gasteiger partial charge on any atom is 0.120 e. The minimum absolute atomic E-state index is 0.198. The second-order valence-electron chi connectivity index (χ2n) is 4.75. The summed E-state index contributed by atoms with van der Waals surface area (Å²) in [5.41, 5.74) is -0.626. The fourth-order valence-electron chi connectivity index (χ4n) is 1.75. The van der Waals surface area contributed by atoms with Crippen LogP contribution in [0.4, 0.5) is 0 Å². The van der Waals surface area contributed by atoms with Gasteiger partial charge in [0.2, 0.25) is 0 Å². The second-order valence-corrected chi connectivity index (χ2v) is 6.41. The zero-order valence-corrected chi connectivity index (χ0v) is 11.2. The fraction of sp³-hybridized carbons (Fsp3) is 0.545. The van der Waals surface area contributed by atoms with Gasteiger partial charge in [-0.1, -0.05) is 26.0 Å². The molecule has 0 saturated carbocycles. The van der Waals surface area contributed by atoms with Gasteiger partial charge in [0.05, 0.1) is 15.5 Å². The highest BCUT2D eigenvalue weighted by atomic mass is 79.9. The summed E-state index contributed by atoms with van der Waals surface area (Å²) in [5.74, 6) is 0. The van der Waals surface area contributed by atoms with Gasteiger partial charge in [-0.25, -0.2) is 0 Å². The molecular weight excluding hydrogens is 274 g/mol. The Morgan fingerprint density at radius 3 is 2.60 bits per heavy atom. The van der Waals surface area contributed by atoms with Crippen LogP contribution in [0.2, 0.25) is 0 Å². The Balaban J connectivity index is 2.35. The topological polar surface area (TPSA) is 33.1 Å². The SMILES string of the molecule is CC1(C)C=CC(O)(c2sncc2Br)CC1. The van der Waals surface area contributed by atoms with E-state index in [0.29, 0.717) is 0 Å². The Labute approximate surface area is 102 Å². The number of aromatic nitrogens is 1. The van der Waals surface area contributed by atoms with Gasteiger partial charge in [-0.15, -0.1) is 0 Å². The van der Waals surface area contributed by atoms with Crippen LogP contribution in [0.15, 0.2) is 22.8 Å². The van der Waals surface area contributed by atoms with E-state index >= 15 is 0 Å². The average molecular weight is 288 g/mol. The summed E-state index contributed by atoms with van der Waals surface area (Å²) >= 11 is 4.78. The summed E-state index contributed by atoms with van der Waals surface area (Å²) < 4.78 is 4.98. The first-order valence-electron chi connectivity index (χ1n) is 4.96. The molecule has 0 bridgehead atoms. The third kappa shape index (κ3) is 2.17. The van der Waals surface area contributed by atoms with Crippen LogP contribution in [0.3, 0.4) is 0 Å². The Morgan fingerprint density at radius 2 is 2.13 bits per heavy atom. The summed E-state index contributed by atoms with van der Waals surface area (Å²) in [4.78, 5) is 0.911. The summed E-state index contributed by atoms with van der Waals surface area (Å²) in [6.45, 7) is 4.37. The van der Waals surface area contributed by atoms with Gasteiger partial charge in [-0.3, -0.25) is 0 Å². The molecule has 0 aliphatic heterocycles. The van der Waals surface area contributed by atoms with Gasteiger partial charge in [0.25, 0.3) is 0 Å². The Kier molecular flexibility index (Phi) is 2.77. The zero-order valence-electron chi connectivity index (χ0n) is 8.83. The molecule has 2 nitrogen and oxygen atoms in total. The van der Waals surface area contributed by atoms with Crippen molar-refractivity contribution >= 4 is 27.5 Å². The lowest BCUT2D eigenvalue weighted by atomic mass is 9.76. The van der Waals surface area contributed by atoms with E-state index in [0.717, 1.165) is 22.2 Å². The lowest BCUT2D eigenvalue weighted by Gasteiger charge is -2.34. The molecule has 1 aromatic heterocycles. The van der Waals surface area contributed by atoms with Crippen molar-refractivity contribution in [2.45, 2.75) is 32.3 Å². The van der Waals surface area contributed by atoms with E-state index in [9.17, 15) is 5.11 Å². The lowest BCUT2D eigenvalue weighted by molar-refractivity contribution is 0.0610. The molecular formula is C11H14BrNOS. The molecule has 0 radical (unpaired) electrons. The van der Waals surface area contributed by atoms with E-state index in [1.54, 1.807) is 6.20 Å². The van der Waals surface area contributed by atoms with Gasteiger partial charge >= 0.3 is 0 Å². The molecule has 4 heteroatoms. The Hall–Kier alpha value is -0.190. The molecule has 1 atom stereocenters. The van der Waals surface area contributed by atoms with E-state index < -0.39 is 5.60 Å². The molecule has 1 aliphatic rings. The van der Waals surface area contributed by atoms with Gasteiger partial charge in [0.15, 0.2) is 0 Å². The largest absolute Gasteiger partial charge is 0.380 e. The fourth-order valence-corrected chi connectivity index (χ4v) is 3.28. The van der Waals surface area contributed by atoms with Crippen LogP contribution in [-0.4, -0.2) is 9.48 Å². The Bertz CT molecular complexity index is 399. The number of allylic oxidation sites excluding steroid dienone is 1. The first kappa shape index (κ1) is 11.3. The normalized spacial score (nSPS) is 29.3. The van der Waals surface area contributed by atoms with Crippen molar-refractivity contribution < 1.29 is 5.11 Å². The highest BCUT2D eigenvalue weighted by Gasteiger charge is 2.36. The molecule has 1 unspecified atom stereocenters. The molecule has 0 aromatic carbocycles. The molecule has 2 rings (SSSR count). The van der Waals surface area contributed by atoms with Crippen molar-refractivity contribution in [2.75, 3.05) is 0 Å². The lowest BCUT2D eigenvalue weighted by Crippen LogP contribution is -2.29. The van der Waals surface area contributed by atoms with Crippen LogP contribution in [0, 0.1) is 5.41 Å². The number of hydrogen-bond donors (Lipinski definition) is 1. The number of nitrogens with zero attached hydrogens (tertiary/aromatic N) is 1. The standard InChI is InChI=1S/C11H14BrNOS/c1-10(2)3-5-11(14,6-4-10)9-8(12)7-13-15-9/h3,5,7,14H,4,6H2,1-2H3. The molecule has 0 amide bonds. The van der Waals surface area contributed by atoms with Gasteiger partial charge in [0, 0.05) is 0 Å². The third-order valence-corrected chi connectivity index (χ3v) is 4.71. The Morgan fingerprint density at radius 1 is 1.40 bits per heavy atom. The van der Waals surface area contributed by atoms with Crippen LogP contribution < -0.4 is 0 Å². The van der Waals surface area contributed by atoms with E-state index in [1.165, 1.54) is 11.5 Å². The molecule has 1 aliphatic carbocycles. The molecule has 1 N–H and O–H groups in total. The van der Waals surface area contributed by atoms with Crippen molar-refractivity contribution in [2.24, 2.45) is 5.41 Å². The highest BCUT2D eigenvalue weighted by molar-refractivity contribution is 9.10. The molecule has 0 fully saturated rings. The molecule has 15 heavy (non-hydrogen) atoms. The summed E-state index contributed by atoms with van der Waals surface area (Å²) in [7, 11) is 0. The smallest absolute Gasteiger partial charge is 0.120 e. The van der Waals surface area contributed by atoms with Crippen molar-refractivity contribution in [1.29, 1.82) is 0 Å². The predicted octanol–water partition coefficient (Wildman–Crippen LogP) is 3.47. The monoisotopic (exact) mass is 287 g/mol. The summed E-state index contributed by atoms with van der Waals surface area (Å²) in [6, 6.07) is 0. The predicted molar refractivity (Wildman–Crippen MR) is 65.9 cm³/mol. The maximum atomic E-state index is 10.5. The maximum absolute atomic E-state index is 10.5. The minimum atomic E-state index is -0.824. The van der Waals surface area contributed by atoms with Crippen LogP contribution in [0.25, 0.3) is 0 Å². The van der Waals surface area contributed by atoms with Crippen LogP contribution in [0.1, 0.15) is 31.6 Å². The number of hydrogen-bond acceptors (Lipinski definition) is 3. The van der Waals surface area contributed by atoms with E-state index in [2.05, 4.69) is 40.2 Å². The number of halogens is 1. The van der Waals surface area contributed by atoms with Gasteiger partial charge in [-0.2, -0.15) is 4.37 Å². The molecule has 1 heterocycles. The molecule has 82 valence electrons. The molecule has 1 aromatic rings. The average Bonchev–Trinajstić information content (AvgIpc) is 2.58. The van der Waals surface area contributed by atoms with Crippen LogP contribution in [0.5, 0.6) is 0 Å². The van der Waals surface area contributed by atoms with Crippen molar-refractivity contribution in [3.05, 3.63) is 27.7 Å². The number of rotatable bonds is 1. The van der Waals surface area contributed by atoms with Gasteiger partial charge in [-0.05, 0) is 45.7 Å². The molecule has 0 spiro atoms. The zero-order chi connectivity index (χ0) is 11.1. The minimum Gasteiger partial charge on any atom is -0.380 e. The first-order chi connectivity index (χ1) is 6.93. The van der Waals surface area contributed by atoms with Crippen LogP contribution in [-0.2, 0) is 5.60 Å². The first-order valence-corrected chi connectivity index (χ1v) is 6.53. The summed E-state index contributed by atoms with van der Waals surface area (Å²) in [5, 5.41) is 10.5. The second kappa shape index (κ2) is 3.68. The van der Waals surface area contributed by atoms with E-state index in [-0.39, 0.29) is 5.41 Å².